The van der Waals surface area contributed by atoms with Crippen LogP contribution in [0.3, 0.4) is 0 Å². The topological polar surface area (TPSA) is 116 Å². The van der Waals surface area contributed by atoms with Crippen molar-refractivity contribution in [3.8, 4) is 168 Å². The number of hydrogen-bond donors (Lipinski definition) is 0. The quantitative estimate of drug-likeness (QED) is 0.0925. The van der Waals surface area contributed by atoms with Gasteiger partial charge in [0.05, 0.1) is 34.2 Å². The fraction of sp³-hybridized carbons (Fsp3) is 0. The highest BCUT2D eigenvalue weighted by atomic mass is 14.9. The van der Waals surface area contributed by atoms with E-state index in [-0.39, 0.29) is 0 Å². The molecule has 9 heteroatoms. The molecule has 0 aliphatic heterocycles. The van der Waals surface area contributed by atoms with E-state index in [1.807, 2.05) is 61.3 Å². The number of benzene rings is 24. The van der Waals surface area contributed by atoms with Gasteiger partial charge in [-0.3, -0.25) is 15.0 Å². The Labute approximate surface area is 865 Å². The van der Waals surface area contributed by atoms with Crippen molar-refractivity contribution in [2.45, 2.75) is 0 Å². The minimum atomic E-state index is 0.699. The molecule has 0 aliphatic rings. The van der Waals surface area contributed by atoms with Crippen LogP contribution in [0.1, 0.15) is 0 Å². The van der Waals surface area contributed by atoms with Crippen molar-refractivity contribution in [3.63, 3.8) is 0 Å². The van der Waals surface area contributed by atoms with Crippen LogP contribution in [-0.4, -0.2) is 44.9 Å². The zero-order chi connectivity index (χ0) is 99.1. The number of pyridine rings is 3. The van der Waals surface area contributed by atoms with Gasteiger partial charge >= 0.3 is 0 Å². The monoisotopic (exact) mass is 1910 g/mol. The maximum atomic E-state index is 5.28. The number of hydrogen-bond acceptors (Lipinski definition) is 9. The van der Waals surface area contributed by atoms with Crippen molar-refractivity contribution in [1.29, 1.82) is 0 Å². The molecule has 0 spiro atoms. The van der Waals surface area contributed by atoms with E-state index < -0.39 is 0 Å². The lowest BCUT2D eigenvalue weighted by Crippen LogP contribution is -1.97. The zero-order valence-electron chi connectivity index (χ0n) is 81.3. The summed E-state index contributed by atoms with van der Waals surface area (Å²) in [6, 6.07) is 175. The highest BCUT2D eigenvalue weighted by molar-refractivity contribution is 6.28. The molecule has 6 heterocycles. The third-order valence-electron chi connectivity index (χ3n) is 29.9. The normalized spacial score (nSPS) is 11.6. The first-order valence-corrected chi connectivity index (χ1v) is 50.8. The van der Waals surface area contributed by atoms with Gasteiger partial charge in [-0.2, -0.15) is 0 Å². The first-order chi connectivity index (χ1) is 74.3. The summed E-state index contributed by atoms with van der Waals surface area (Å²) in [5.74, 6) is 2.10. The van der Waals surface area contributed by atoms with E-state index in [0.29, 0.717) is 17.5 Å². The first kappa shape index (κ1) is 87.6. The van der Waals surface area contributed by atoms with Crippen LogP contribution in [0.15, 0.2) is 529 Å². The molecule has 0 radical (unpaired) electrons. The molecule has 150 heavy (non-hydrogen) atoms. The van der Waals surface area contributed by atoms with Crippen molar-refractivity contribution >= 4 is 129 Å². The molecule has 0 atom stereocenters. The average molecular weight is 1910 g/mol. The summed E-state index contributed by atoms with van der Waals surface area (Å²) in [5.41, 5.74) is 28.5. The zero-order valence-corrected chi connectivity index (χ0v) is 81.3. The molecular formula is C141H87N9. The highest BCUT2D eigenvalue weighted by Crippen LogP contribution is 2.47. The second-order valence-corrected chi connectivity index (χ2v) is 38.6. The molecule has 6 aromatic heterocycles. The van der Waals surface area contributed by atoms with Crippen LogP contribution >= 0.6 is 0 Å². The standard InChI is InChI=1S/3C47H29N3/c1-2-9-39-32(5-1)6-4-10-40(39)33-13-19-38(20-14-33)47-49-43(34-15-11-30(12-16-34)31-25-27-48-28-26-31)29-44(50-47)41-23-21-37-18-17-35-7-3-8-36-22-24-42(41)46(37)45(35)36;1-2-6-38-27-39(21-14-30(38)5-1)31-12-19-37(20-13-31)47-49-43(33-15-10-32(11-16-33)40-9-4-26-48-29-40)28-44(50-47)41-24-22-36-18-17-34-7-3-8-35-23-25-42(41)46(36)45(34)35;1-2-5-39-28-40(19-12-30(39)4-1)32-10-17-38(18-11-32)47-49-43(34-13-8-31(9-14-34)33-24-26-48-27-25-33)29-44(50-47)41-22-20-37-16-15-35-6-3-7-36-21-23-42(41)46(37)45(35)36/h3*1-29H. The maximum Gasteiger partial charge on any atom is 0.160 e. The van der Waals surface area contributed by atoms with Crippen molar-refractivity contribution < 1.29 is 0 Å². The average Bonchev–Trinajstić information content (AvgIpc) is 0.737. The molecule has 0 N–H and O–H groups in total. The van der Waals surface area contributed by atoms with E-state index in [1.54, 1.807) is 6.20 Å². The molecule has 0 aliphatic carbocycles. The van der Waals surface area contributed by atoms with Gasteiger partial charge in [0.15, 0.2) is 17.5 Å². The van der Waals surface area contributed by atoms with Crippen LogP contribution in [0, 0.1) is 0 Å². The lowest BCUT2D eigenvalue weighted by molar-refractivity contribution is 1.18. The van der Waals surface area contributed by atoms with E-state index >= 15 is 0 Å². The van der Waals surface area contributed by atoms with Gasteiger partial charge in [0.1, 0.15) is 0 Å². The Morgan fingerprint density at radius 3 is 0.740 bits per heavy atom. The second-order valence-electron chi connectivity index (χ2n) is 38.6. The Hall–Kier alpha value is -20.1. The molecule has 9 nitrogen and oxygen atoms in total. The van der Waals surface area contributed by atoms with Crippen molar-refractivity contribution in [2.24, 2.45) is 0 Å². The summed E-state index contributed by atoms with van der Waals surface area (Å²) in [6.45, 7) is 0. The Balaban J connectivity index is 0.000000108. The van der Waals surface area contributed by atoms with Crippen LogP contribution in [0.5, 0.6) is 0 Å². The van der Waals surface area contributed by atoms with E-state index in [2.05, 4.69) is 476 Å². The summed E-state index contributed by atoms with van der Waals surface area (Å²) in [4.78, 5) is 44.1. The van der Waals surface area contributed by atoms with Gasteiger partial charge in [-0.1, -0.05) is 431 Å². The Morgan fingerprint density at radius 1 is 0.113 bits per heavy atom. The highest BCUT2D eigenvalue weighted by Gasteiger charge is 2.24. The molecule has 0 fully saturated rings. The Kier molecular flexibility index (Phi) is 21.8. The van der Waals surface area contributed by atoms with E-state index in [0.717, 1.165) is 129 Å². The van der Waals surface area contributed by atoms with Gasteiger partial charge in [-0.25, -0.2) is 29.9 Å². The largest absolute Gasteiger partial charge is 0.265 e. The lowest BCUT2D eigenvalue weighted by Gasteiger charge is -2.15. The van der Waals surface area contributed by atoms with Crippen molar-refractivity contribution in [1.82, 2.24) is 44.9 Å². The summed E-state index contributed by atoms with van der Waals surface area (Å²) in [6.07, 6.45) is 11.0. The minimum Gasteiger partial charge on any atom is -0.265 e. The van der Waals surface area contributed by atoms with E-state index in [1.165, 1.54) is 152 Å². The molecule has 0 amide bonds. The fourth-order valence-corrected chi connectivity index (χ4v) is 22.2. The van der Waals surface area contributed by atoms with Crippen LogP contribution < -0.4 is 0 Å². The SMILES string of the molecule is c1ccc2c(-c3ccc(-c4nc(-c5ccc(-c6ccncc6)cc5)cc(-c5ccc6ccc7cccc8ccc5c6c78)n4)cc3)cccc2c1.c1ccc2cc(-c3ccc(-c4nc(-c5ccc(-c6ccncc6)cc5)cc(-c5ccc6ccc7cccc8ccc5c6c78)n4)cc3)ccc2c1.c1cncc(-c2ccc(-c3cc(-c4ccc5ccc6cccc7ccc4c5c67)nc(-c4ccc(-c5ccc6ccccc6c5)cc4)n3)cc2)c1. The van der Waals surface area contributed by atoms with Gasteiger partial charge in [-0.05, 0) is 257 Å². The smallest absolute Gasteiger partial charge is 0.160 e. The Bertz CT molecular complexity index is 9950. The molecule has 0 unspecified atom stereocenters. The molecule has 0 saturated carbocycles. The van der Waals surface area contributed by atoms with Gasteiger partial charge in [-0.15, -0.1) is 0 Å². The van der Waals surface area contributed by atoms with Crippen LogP contribution in [0.4, 0.5) is 0 Å². The summed E-state index contributed by atoms with van der Waals surface area (Å²) >= 11 is 0. The summed E-state index contributed by atoms with van der Waals surface area (Å²) in [5, 5.41) is 30.0. The van der Waals surface area contributed by atoms with E-state index in [4.69, 9.17) is 29.9 Å². The van der Waals surface area contributed by atoms with Gasteiger partial charge < -0.3 is 0 Å². The van der Waals surface area contributed by atoms with Gasteiger partial charge in [0.2, 0.25) is 0 Å². The third kappa shape index (κ3) is 16.3. The Morgan fingerprint density at radius 2 is 0.373 bits per heavy atom. The molecule has 30 rings (SSSR count). The third-order valence-corrected chi connectivity index (χ3v) is 29.9. The fourth-order valence-electron chi connectivity index (χ4n) is 22.2. The summed E-state index contributed by atoms with van der Waals surface area (Å²) in [7, 11) is 0. The van der Waals surface area contributed by atoms with Gasteiger partial charge in [0, 0.05) is 87.3 Å². The van der Waals surface area contributed by atoms with Crippen LogP contribution in [-0.2, 0) is 0 Å². The minimum absolute atomic E-state index is 0.699. The van der Waals surface area contributed by atoms with Gasteiger partial charge in [0.25, 0.3) is 0 Å². The van der Waals surface area contributed by atoms with Crippen molar-refractivity contribution in [2.75, 3.05) is 0 Å². The maximum absolute atomic E-state index is 5.28. The van der Waals surface area contributed by atoms with Crippen molar-refractivity contribution in [3.05, 3.63) is 529 Å². The van der Waals surface area contributed by atoms with Crippen LogP contribution in [0.25, 0.3) is 298 Å². The van der Waals surface area contributed by atoms with E-state index in [9.17, 15) is 0 Å². The number of aromatic nitrogens is 9. The molecule has 30 aromatic rings. The molecular weight excluding hydrogens is 1820 g/mol. The lowest BCUT2D eigenvalue weighted by atomic mass is 9.91. The predicted octanol–water partition coefficient (Wildman–Crippen LogP) is 36.8. The molecule has 24 aromatic carbocycles. The number of fused-ring (bicyclic) bond motifs is 3. The summed E-state index contributed by atoms with van der Waals surface area (Å²) < 4.78 is 0. The molecule has 0 bridgehead atoms. The molecule has 696 valence electrons. The molecule has 0 saturated heterocycles. The first-order valence-electron chi connectivity index (χ1n) is 50.8. The number of rotatable bonds is 15. The van der Waals surface area contributed by atoms with Crippen LogP contribution in [0.2, 0.25) is 0 Å². The predicted molar refractivity (Wildman–Crippen MR) is 625 cm³/mol. The number of nitrogens with zero attached hydrogens (tertiary/aromatic N) is 9. The second kappa shape index (κ2) is 37.2.